The third kappa shape index (κ3) is 1.86. The lowest BCUT2D eigenvalue weighted by atomic mass is 10.3. The van der Waals surface area contributed by atoms with E-state index in [2.05, 4.69) is 10.9 Å². The van der Waals surface area contributed by atoms with Gasteiger partial charge in [-0.1, -0.05) is 18.1 Å². The Morgan fingerprint density at radius 3 is 2.92 bits per heavy atom. The summed E-state index contributed by atoms with van der Waals surface area (Å²) in [6.07, 6.45) is 6.43. The average molecular weight is 159 g/mol. The van der Waals surface area contributed by atoms with Gasteiger partial charge < -0.3 is 4.74 Å². The molecule has 0 spiro atoms. The van der Waals surface area contributed by atoms with Crippen LogP contribution in [0, 0.1) is 12.3 Å². The highest BCUT2D eigenvalue weighted by Crippen LogP contribution is 2.25. The summed E-state index contributed by atoms with van der Waals surface area (Å²) in [4.78, 5) is 4.01. The van der Waals surface area contributed by atoms with Crippen LogP contribution in [-0.4, -0.2) is 13.3 Å². The second-order valence-electron chi connectivity index (χ2n) is 2.10. The second-order valence-corrected chi connectivity index (χ2v) is 2.10. The summed E-state index contributed by atoms with van der Waals surface area (Å²) in [5.41, 5.74) is 0.748. The number of para-hydroxylation sites is 2. The lowest BCUT2D eigenvalue weighted by Crippen LogP contribution is -1.81. The molecule has 2 nitrogen and oxygen atoms in total. The van der Waals surface area contributed by atoms with E-state index in [0.717, 1.165) is 11.4 Å². The number of benzene rings is 1. The Morgan fingerprint density at radius 2 is 2.25 bits per heavy atom. The molecule has 0 aromatic heterocycles. The summed E-state index contributed by atoms with van der Waals surface area (Å²) in [5.74, 6) is 3.05. The van der Waals surface area contributed by atoms with Gasteiger partial charge in [-0.25, -0.2) is 4.99 Å². The fourth-order valence-corrected chi connectivity index (χ4v) is 0.843. The molecular formula is C10H9NO. The molecular weight excluding hydrogens is 150 g/mol. The topological polar surface area (TPSA) is 21.6 Å². The van der Waals surface area contributed by atoms with Crippen molar-refractivity contribution < 1.29 is 4.74 Å². The van der Waals surface area contributed by atoms with E-state index >= 15 is 0 Å². The van der Waals surface area contributed by atoms with Gasteiger partial charge >= 0.3 is 0 Å². The van der Waals surface area contributed by atoms with Crippen LogP contribution in [0.3, 0.4) is 0 Å². The van der Waals surface area contributed by atoms with Crippen molar-refractivity contribution in [2.75, 3.05) is 7.11 Å². The number of aliphatic imine (C=N–C) groups is 1. The zero-order valence-electron chi connectivity index (χ0n) is 6.82. The van der Waals surface area contributed by atoms with E-state index in [1.54, 1.807) is 7.11 Å². The molecule has 1 rings (SSSR count). The normalized spacial score (nSPS) is 9.67. The molecule has 1 aromatic carbocycles. The molecule has 0 unspecified atom stereocenters. The van der Waals surface area contributed by atoms with Gasteiger partial charge in [-0.3, -0.25) is 0 Å². The van der Waals surface area contributed by atoms with Gasteiger partial charge in [0.05, 0.1) is 13.3 Å². The molecule has 0 N–H and O–H groups in total. The molecule has 1 aromatic rings. The Morgan fingerprint density at radius 1 is 1.50 bits per heavy atom. The fourth-order valence-electron chi connectivity index (χ4n) is 0.843. The monoisotopic (exact) mass is 159 g/mol. The first-order chi connectivity index (χ1) is 5.88. The van der Waals surface area contributed by atoms with Crippen molar-refractivity contribution in [1.29, 1.82) is 0 Å². The Balaban J connectivity index is 2.99. The second kappa shape index (κ2) is 4.20. The van der Waals surface area contributed by atoms with Crippen molar-refractivity contribution in [3.63, 3.8) is 0 Å². The maximum absolute atomic E-state index is 5.06. The van der Waals surface area contributed by atoms with E-state index in [1.807, 2.05) is 24.3 Å². The number of terminal acetylenes is 1. The zero-order chi connectivity index (χ0) is 8.81. The molecule has 0 heterocycles. The predicted octanol–water partition coefficient (Wildman–Crippen LogP) is 2.03. The number of methoxy groups -OCH3 is 1. The van der Waals surface area contributed by atoms with Crippen molar-refractivity contribution in [3.8, 4) is 18.1 Å². The van der Waals surface area contributed by atoms with Crippen LogP contribution < -0.4 is 4.74 Å². The summed E-state index contributed by atoms with van der Waals surface area (Å²) >= 11 is 0. The molecule has 0 bridgehead atoms. The van der Waals surface area contributed by atoms with E-state index in [0.29, 0.717) is 0 Å². The lowest BCUT2D eigenvalue weighted by molar-refractivity contribution is 0.416. The van der Waals surface area contributed by atoms with Gasteiger partial charge in [0, 0.05) is 0 Å². The van der Waals surface area contributed by atoms with Gasteiger partial charge in [0.1, 0.15) is 11.4 Å². The Bertz CT molecular complexity index is 323. The predicted molar refractivity (Wildman–Crippen MR) is 50.0 cm³/mol. The molecule has 0 atom stereocenters. The molecule has 0 aliphatic rings. The summed E-state index contributed by atoms with van der Waals surface area (Å²) in [7, 11) is 1.60. The van der Waals surface area contributed by atoms with Crippen molar-refractivity contribution in [2.24, 2.45) is 4.99 Å². The molecule has 12 heavy (non-hydrogen) atoms. The Labute approximate surface area is 71.9 Å². The van der Waals surface area contributed by atoms with Gasteiger partial charge in [0.15, 0.2) is 0 Å². The Kier molecular flexibility index (Phi) is 2.92. The Hall–Kier alpha value is -1.75. The molecule has 0 radical (unpaired) electrons. The van der Waals surface area contributed by atoms with Crippen LogP contribution in [0.5, 0.6) is 5.75 Å². The maximum Gasteiger partial charge on any atom is 0.144 e. The lowest BCUT2D eigenvalue weighted by Gasteiger charge is -2.01. The van der Waals surface area contributed by atoms with E-state index in [1.165, 1.54) is 6.21 Å². The summed E-state index contributed by atoms with van der Waals surface area (Å²) in [6.45, 7) is 0. The van der Waals surface area contributed by atoms with E-state index in [9.17, 15) is 0 Å². The molecule has 0 saturated carbocycles. The first-order valence-corrected chi connectivity index (χ1v) is 3.50. The summed E-state index contributed by atoms with van der Waals surface area (Å²) < 4.78 is 5.06. The molecule has 0 aliphatic carbocycles. The van der Waals surface area contributed by atoms with Gasteiger partial charge in [-0.15, -0.1) is 6.42 Å². The first-order valence-electron chi connectivity index (χ1n) is 3.50. The van der Waals surface area contributed by atoms with Crippen LogP contribution in [0.2, 0.25) is 0 Å². The van der Waals surface area contributed by atoms with Gasteiger partial charge in [0.25, 0.3) is 0 Å². The van der Waals surface area contributed by atoms with Gasteiger partial charge in [-0.2, -0.15) is 0 Å². The summed E-state index contributed by atoms with van der Waals surface area (Å²) in [5, 5.41) is 0. The maximum atomic E-state index is 5.06. The smallest absolute Gasteiger partial charge is 0.144 e. The third-order valence-electron chi connectivity index (χ3n) is 1.36. The average Bonchev–Trinajstić information content (AvgIpc) is 2.15. The fraction of sp³-hybridized carbons (Fsp3) is 0.100. The highest BCUT2D eigenvalue weighted by molar-refractivity contribution is 5.80. The largest absolute Gasteiger partial charge is 0.494 e. The molecule has 0 aliphatic heterocycles. The number of hydrogen-bond donors (Lipinski definition) is 0. The minimum absolute atomic E-state index is 0.726. The molecule has 0 fully saturated rings. The van der Waals surface area contributed by atoms with E-state index in [-0.39, 0.29) is 0 Å². The molecule has 0 amide bonds. The van der Waals surface area contributed by atoms with Crippen LogP contribution in [0.1, 0.15) is 0 Å². The van der Waals surface area contributed by atoms with Crippen molar-refractivity contribution >= 4 is 11.9 Å². The van der Waals surface area contributed by atoms with Crippen LogP contribution in [-0.2, 0) is 0 Å². The van der Waals surface area contributed by atoms with E-state index < -0.39 is 0 Å². The number of rotatable bonds is 2. The first kappa shape index (κ1) is 8.35. The number of ether oxygens (including phenoxy) is 1. The van der Waals surface area contributed by atoms with Crippen molar-refractivity contribution in [2.45, 2.75) is 0 Å². The van der Waals surface area contributed by atoms with Crippen LogP contribution in [0.15, 0.2) is 29.3 Å². The quantitative estimate of drug-likeness (QED) is 0.478. The van der Waals surface area contributed by atoms with Gasteiger partial charge in [0.2, 0.25) is 0 Å². The van der Waals surface area contributed by atoms with Crippen molar-refractivity contribution in [1.82, 2.24) is 0 Å². The van der Waals surface area contributed by atoms with Crippen LogP contribution in [0.25, 0.3) is 0 Å². The third-order valence-corrected chi connectivity index (χ3v) is 1.36. The SMILES string of the molecule is C#C/C=N/c1ccccc1OC. The highest BCUT2D eigenvalue weighted by Gasteiger charge is 1.96. The molecule has 60 valence electrons. The van der Waals surface area contributed by atoms with Gasteiger partial charge in [-0.05, 0) is 12.1 Å². The minimum atomic E-state index is 0.726. The van der Waals surface area contributed by atoms with Crippen molar-refractivity contribution in [3.05, 3.63) is 24.3 Å². The standard InChI is InChI=1S/C10H9NO/c1-3-8-11-9-6-4-5-7-10(9)12-2/h1,4-8H,2H3/b11-8+. The van der Waals surface area contributed by atoms with Crippen LogP contribution >= 0.6 is 0 Å². The number of nitrogens with zero attached hydrogens (tertiary/aromatic N) is 1. The molecule has 2 heteroatoms. The zero-order valence-corrected chi connectivity index (χ0v) is 6.82. The number of hydrogen-bond acceptors (Lipinski definition) is 2. The summed E-state index contributed by atoms with van der Waals surface area (Å²) in [6, 6.07) is 7.44. The highest BCUT2D eigenvalue weighted by atomic mass is 16.5. The minimum Gasteiger partial charge on any atom is -0.494 e. The van der Waals surface area contributed by atoms with E-state index in [4.69, 9.17) is 11.2 Å². The molecule has 0 saturated heterocycles. The van der Waals surface area contributed by atoms with Crippen LogP contribution in [0.4, 0.5) is 5.69 Å².